The first kappa shape index (κ1) is 14.2. The molecule has 0 radical (unpaired) electrons. The molecule has 0 bridgehead atoms. The Kier molecular flexibility index (Phi) is 4.44. The molecule has 0 saturated heterocycles. The summed E-state index contributed by atoms with van der Waals surface area (Å²) < 4.78 is 0. The van der Waals surface area contributed by atoms with Gasteiger partial charge in [-0.1, -0.05) is 53.5 Å². The standard InChI is InChI=1S/C13H16N6S/c1-3-19(15)18-17-9(2)12-11(16-13(14)20-12)10-7-5-4-6-8-10/h4-8H,2-3,15H2,1H3,(H2,14,16). The van der Waals surface area contributed by atoms with Gasteiger partial charge in [0.2, 0.25) is 0 Å². The fourth-order valence-corrected chi connectivity index (χ4v) is 2.31. The Morgan fingerprint density at radius 1 is 1.40 bits per heavy atom. The summed E-state index contributed by atoms with van der Waals surface area (Å²) in [6, 6.07) is 9.75. The van der Waals surface area contributed by atoms with Crippen LogP contribution in [0.25, 0.3) is 17.0 Å². The second-order valence-electron chi connectivity index (χ2n) is 3.99. The molecule has 0 spiro atoms. The minimum Gasteiger partial charge on any atom is -0.375 e. The van der Waals surface area contributed by atoms with Crippen LogP contribution in [0, 0.1) is 0 Å². The normalized spacial score (nSPS) is 10.9. The third-order valence-corrected chi connectivity index (χ3v) is 3.49. The Morgan fingerprint density at radius 3 is 2.75 bits per heavy atom. The van der Waals surface area contributed by atoms with Gasteiger partial charge in [0, 0.05) is 5.56 Å². The quantitative estimate of drug-likeness (QED) is 0.502. The summed E-state index contributed by atoms with van der Waals surface area (Å²) in [7, 11) is 0. The number of nitrogen functional groups attached to an aromatic ring is 1. The Labute approximate surface area is 121 Å². The molecular weight excluding hydrogens is 272 g/mol. The van der Waals surface area contributed by atoms with E-state index in [0.29, 0.717) is 17.4 Å². The number of hydrogen-bond acceptors (Lipinski definition) is 6. The average Bonchev–Trinajstić information content (AvgIpc) is 2.87. The summed E-state index contributed by atoms with van der Waals surface area (Å²) in [5, 5.41) is 9.55. The number of benzene rings is 1. The van der Waals surface area contributed by atoms with Crippen LogP contribution in [0.15, 0.2) is 47.2 Å². The maximum atomic E-state index is 5.80. The van der Waals surface area contributed by atoms with Gasteiger partial charge in [0.1, 0.15) is 0 Å². The van der Waals surface area contributed by atoms with Gasteiger partial charge in [0.15, 0.2) is 5.13 Å². The number of thiazole rings is 1. The van der Waals surface area contributed by atoms with Crippen LogP contribution in [0.5, 0.6) is 0 Å². The minimum atomic E-state index is 0.468. The van der Waals surface area contributed by atoms with Crippen LogP contribution in [-0.4, -0.2) is 16.6 Å². The van der Waals surface area contributed by atoms with Crippen molar-refractivity contribution in [2.24, 2.45) is 16.2 Å². The molecule has 1 heterocycles. The molecule has 0 fully saturated rings. The molecule has 4 N–H and O–H groups in total. The van der Waals surface area contributed by atoms with E-state index in [0.717, 1.165) is 16.1 Å². The third-order valence-electron chi connectivity index (χ3n) is 2.56. The van der Waals surface area contributed by atoms with E-state index < -0.39 is 0 Å². The number of aromatic nitrogens is 1. The van der Waals surface area contributed by atoms with Crippen molar-refractivity contribution in [3.05, 3.63) is 41.8 Å². The molecule has 0 saturated carbocycles. The van der Waals surface area contributed by atoms with E-state index in [1.807, 2.05) is 37.3 Å². The van der Waals surface area contributed by atoms with Crippen LogP contribution < -0.4 is 11.6 Å². The Bertz CT molecular complexity index is 619. The Morgan fingerprint density at radius 2 is 2.10 bits per heavy atom. The van der Waals surface area contributed by atoms with Gasteiger partial charge in [-0.3, -0.25) is 0 Å². The number of anilines is 1. The van der Waals surface area contributed by atoms with Crippen molar-refractivity contribution in [1.82, 2.24) is 10.1 Å². The highest BCUT2D eigenvalue weighted by Crippen LogP contribution is 2.34. The molecular formula is C13H16N6S. The van der Waals surface area contributed by atoms with Crippen LogP contribution in [0.3, 0.4) is 0 Å². The lowest BCUT2D eigenvalue weighted by molar-refractivity contribution is 0.296. The van der Waals surface area contributed by atoms with Crippen molar-refractivity contribution in [3.63, 3.8) is 0 Å². The van der Waals surface area contributed by atoms with Crippen molar-refractivity contribution in [1.29, 1.82) is 0 Å². The first-order valence-corrected chi connectivity index (χ1v) is 6.88. The topological polar surface area (TPSA) is 92.9 Å². The molecule has 0 aliphatic carbocycles. The summed E-state index contributed by atoms with van der Waals surface area (Å²) in [6.45, 7) is 6.34. The fraction of sp³-hybridized carbons (Fsp3) is 0.154. The van der Waals surface area contributed by atoms with E-state index in [1.54, 1.807) is 0 Å². The predicted octanol–water partition coefficient (Wildman–Crippen LogP) is 2.93. The van der Waals surface area contributed by atoms with Crippen molar-refractivity contribution < 1.29 is 0 Å². The Balaban J connectivity index is 2.33. The molecule has 0 aliphatic rings. The van der Waals surface area contributed by atoms with Crippen LogP contribution in [0.1, 0.15) is 11.8 Å². The maximum absolute atomic E-state index is 5.80. The van der Waals surface area contributed by atoms with Crippen LogP contribution >= 0.6 is 11.3 Å². The molecule has 20 heavy (non-hydrogen) atoms. The molecule has 2 aromatic rings. The van der Waals surface area contributed by atoms with Gasteiger partial charge in [-0.15, -0.1) is 5.11 Å². The molecule has 0 unspecified atom stereocenters. The van der Waals surface area contributed by atoms with E-state index in [1.165, 1.54) is 16.5 Å². The van der Waals surface area contributed by atoms with Gasteiger partial charge in [0.25, 0.3) is 0 Å². The van der Waals surface area contributed by atoms with Gasteiger partial charge >= 0.3 is 0 Å². The highest BCUT2D eigenvalue weighted by molar-refractivity contribution is 7.16. The lowest BCUT2D eigenvalue weighted by atomic mass is 10.1. The van der Waals surface area contributed by atoms with Crippen molar-refractivity contribution in [2.45, 2.75) is 6.92 Å². The number of nitrogens with two attached hydrogens (primary N) is 2. The average molecular weight is 288 g/mol. The minimum absolute atomic E-state index is 0.468. The Hall–Kier alpha value is -2.25. The molecule has 104 valence electrons. The lowest BCUT2D eigenvalue weighted by Crippen LogP contribution is -2.23. The maximum Gasteiger partial charge on any atom is 0.181 e. The van der Waals surface area contributed by atoms with Crippen LogP contribution in [-0.2, 0) is 0 Å². The lowest BCUT2D eigenvalue weighted by Gasteiger charge is -2.06. The second kappa shape index (κ2) is 6.27. The summed E-state index contributed by atoms with van der Waals surface area (Å²) in [5.41, 5.74) is 8.01. The van der Waals surface area contributed by atoms with Gasteiger partial charge in [-0.2, -0.15) is 0 Å². The summed E-state index contributed by atoms with van der Waals surface area (Å²) in [5.74, 6) is 5.55. The molecule has 6 nitrogen and oxygen atoms in total. The molecule has 2 rings (SSSR count). The largest absolute Gasteiger partial charge is 0.375 e. The first-order chi connectivity index (χ1) is 9.61. The van der Waals surface area contributed by atoms with Gasteiger partial charge < -0.3 is 5.73 Å². The zero-order chi connectivity index (χ0) is 14.5. The van der Waals surface area contributed by atoms with Crippen LogP contribution in [0.2, 0.25) is 0 Å². The number of hydrazine groups is 1. The summed E-state index contributed by atoms with van der Waals surface area (Å²) >= 11 is 1.33. The number of nitrogens with zero attached hydrogens (tertiary/aromatic N) is 4. The van der Waals surface area contributed by atoms with Crippen molar-refractivity contribution >= 4 is 22.2 Å². The van der Waals surface area contributed by atoms with Crippen molar-refractivity contribution in [2.75, 3.05) is 12.3 Å². The van der Waals surface area contributed by atoms with E-state index in [-0.39, 0.29) is 0 Å². The molecule has 0 aliphatic heterocycles. The fourth-order valence-electron chi connectivity index (χ4n) is 1.54. The van der Waals surface area contributed by atoms with E-state index in [4.69, 9.17) is 11.6 Å². The SMILES string of the molecule is C=C(N=NN(N)CC)c1sc(N)nc1-c1ccccc1. The van der Waals surface area contributed by atoms with E-state index in [2.05, 4.69) is 21.9 Å². The monoisotopic (exact) mass is 288 g/mol. The highest BCUT2D eigenvalue weighted by Gasteiger charge is 2.14. The van der Waals surface area contributed by atoms with Crippen LogP contribution in [0.4, 0.5) is 5.13 Å². The smallest absolute Gasteiger partial charge is 0.181 e. The molecule has 1 aromatic heterocycles. The molecule has 0 atom stereocenters. The first-order valence-electron chi connectivity index (χ1n) is 6.06. The molecule has 0 amide bonds. The third kappa shape index (κ3) is 3.19. The predicted molar refractivity (Wildman–Crippen MR) is 82.4 cm³/mol. The van der Waals surface area contributed by atoms with Gasteiger partial charge in [-0.05, 0) is 6.92 Å². The molecule has 1 aromatic carbocycles. The van der Waals surface area contributed by atoms with Gasteiger partial charge in [0.05, 0.1) is 22.8 Å². The zero-order valence-corrected chi connectivity index (χ0v) is 12.0. The summed E-state index contributed by atoms with van der Waals surface area (Å²) in [6.07, 6.45) is 0. The molecule has 7 heteroatoms. The number of hydrogen-bond donors (Lipinski definition) is 2. The zero-order valence-electron chi connectivity index (χ0n) is 11.2. The number of rotatable bonds is 5. The second-order valence-corrected chi connectivity index (χ2v) is 5.02. The summed E-state index contributed by atoms with van der Waals surface area (Å²) in [4.78, 5) is 5.13. The highest BCUT2D eigenvalue weighted by atomic mass is 32.1. The van der Waals surface area contributed by atoms with Crippen molar-refractivity contribution in [3.8, 4) is 11.3 Å². The van der Waals surface area contributed by atoms with E-state index in [9.17, 15) is 0 Å². The van der Waals surface area contributed by atoms with E-state index >= 15 is 0 Å². The van der Waals surface area contributed by atoms with Gasteiger partial charge in [-0.25, -0.2) is 15.9 Å².